The third kappa shape index (κ3) is 2.72. The van der Waals surface area contributed by atoms with Crippen LogP contribution in [0, 0.1) is 0 Å². The summed E-state index contributed by atoms with van der Waals surface area (Å²) in [5, 5.41) is 6.24. The fraction of sp³-hybridized carbons (Fsp3) is 0.143. The minimum Gasteiger partial charge on any atom is -0.486 e. The van der Waals surface area contributed by atoms with Crippen LogP contribution in [0.15, 0.2) is 59.0 Å². The third-order valence-electron chi connectivity index (χ3n) is 4.53. The van der Waals surface area contributed by atoms with Gasteiger partial charge in [-0.05, 0) is 54.1 Å². The van der Waals surface area contributed by atoms with E-state index in [1.54, 1.807) is 0 Å². The monoisotopic (exact) mass is 365 g/mol. The molecular formula is C21H16ClNO3. The van der Waals surface area contributed by atoms with Crippen molar-refractivity contribution >= 4 is 39.2 Å². The average Bonchev–Trinajstić information content (AvgIpc) is 3.03. The number of nitrogens with one attached hydrogen (secondary N) is 1. The Morgan fingerprint density at radius 1 is 0.808 bits per heavy atom. The minimum atomic E-state index is 0.594. The second-order valence-corrected chi connectivity index (χ2v) is 6.72. The van der Waals surface area contributed by atoms with Gasteiger partial charge >= 0.3 is 0 Å². The quantitative estimate of drug-likeness (QED) is 0.511. The fourth-order valence-corrected chi connectivity index (χ4v) is 3.43. The maximum atomic E-state index is 6.14. The van der Waals surface area contributed by atoms with E-state index >= 15 is 0 Å². The van der Waals surface area contributed by atoms with E-state index < -0.39 is 0 Å². The second-order valence-electron chi connectivity index (χ2n) is 6.29. The Bertz CT molecular complexity index is 1120. The van der Waals surface area contributed by atoms with Crippen LogP contribution in [0.4, 0.5) is 5.69 Å². The lowest BCUT2D eigenvalue weighted by molar-refractivity contribution is 0.171. The van der Waals surface area contributed by atoms with Crippen molar-refractivity contribution in [3.63, 3.8) is 0 Å². The fourth-order valence-electron chi connectivity index (χ4n) is 3.26. The van der Waals surface area contributed by atoms with Crippen LogP contribution in [0.3, 0.4) is 0 Å². The third-order valence-corrected chi connectivity index (χ3v) is 4.77. The van der Waals surface area contributed by atoms with Gasteiger partial charge < -0.3 is 19.2 Å². The summed E-state index contributed by atoms with van der Waals surface area (Å²) in [5.74, 6) is 1.62. The van der Waals surface area contributed by atoms with Gasteiger partial charge in [-0.15, -0.1) is 0 Å². The molecule has 0 amide bonds. The van der Waals surface area contributed by atoms with E-state index in [1.807, 2.05) is 48.5 Å². The predicted octanol–water partition coefficient (Wildman–Crippen LogP) is 5.62. The number of benzene rings is 3. The lowest BCUT2D eigenvalue weighted by Gasteiger charge is -2.19. The molecule has 0 saturated heterocycles. The molecule has 5 heteroatoms. The van der Waals surface area contributed by atoms with E-state index in [2.05, 4.69) is 11.4 Å². The minimum absolute atomic E-state index is 0.594. The van der Waals surface area contributed by atoms with Gasteiger partial charge in [0.1, 0.15) is 24.4 Å². The van der Waals surface area contributed by atoms with Crippen LogP contribution in [-0.4, -0.2) is 13.2 Å². The zero-order valence-corrected chi connectivity index (χ0v) is 14.7. The van der Waals surface area contributed by atoms with E-state index in [0.717, 1.165) is 44.7 Å². The van der Waals surface area contributed by atoms with E-state index in [0.29, 0.717) is 24.8 Å². The number of furan rings is 1. The average molecular weight is 366 g/mol. The van der Waals surface area contributed by atoms with Gasteiger partial charge in [0.15, 0.2) is 11.5 Å². The van der Waals surface area contributed by atoms with Crippen LogP contribution in [0.25, 0.3) is 21.9 Å². The molecule has 130 valence electrons. The molecule has 26 heavy (non-hydrogen) atoms. The molecule has 4 aromatic rings. The van der Waals surface area contributed by atoms with Crippen LogP contribution < -0.4 is 14.8 Å². The largest absolute Gasteiger partial charge is 0.486 e. The summed E-state index contributed by atoms with van der Waals surface area (Å²) in [6.45, 7) is 1.89. The van der Waals surface area contributed by atoms with E-state index in [1.165, 1.54) is 0 Å². The molecule has 2 heterocycles. The smallest absolute Gasteiger partial charge is 0.161 e. The molecule has 0 aliphatic carbocycles. The maximum Gasteiger partial charge on any atom is 0.161 e. The van der Waals surface area contributed by atoms with Crippen LogP contribution >= 0.6 is 11.6 Å². The maximum absolute atomic E-state index is 6.14. The molecular weight excluding hydrogens is 350 g/mol. The van der Waals surface area contributed by atoms with Gasteiger partial charge in [-0.25, -0.2) is 0 Å². The summed E-state index contributed by atoms with van der Waals surface area (Å²) in [6, 6.07) is 17.8. The topological polar surface area (TPSA) is 43.6 Å². The number of fused-ring (bicyclic) bond motifs is 4. The van der Waals surface area contributed by atoms with E-state index in [-0.39, 0.29) is 0 Å². The normalized spacial score (nSPS) is 13.3. The Hall–Kier alpha value is -2.85. The number of anilines is 1. The first-order valence-electron chi connectivity index (χ1n) is 8.50. The predicted molar refractivity (Wildman–Crippen MR) is 103 cm³/mol. The van der Waals surface area contributed by atoms with Crippen LogP contribution in [0.2, 0.25) is 5.02 Å². The van der Waals surface area contributed by atoms with Crippen LogP contribution in [0.5, 0.6) is 11.5 Å². The van der Waals surface area contributed by atoms with Gasteiger partial charge in [0, 0.05) is 28.0 Å². The van der Waals surface area contributed by atoms with E-state index in [9.17, 15) is 0 Å². The molecule has 0 atom stereocenters. The van der Waals surface area contributed by atoms with Crippen molar-refractivity contribution in [2.24, 2.45) is 0 Å². The summed E-state index contributed by atoms with van der Waals surface area (Å²) in [5.41, 5.74) is 3.85. The highest BCUT2D eigenvalue weighted by Crippen LogP contribution is 2.33. The molecule has 0 unspecified atom stereocenters. The number of rotatable bonds is 3. The summed E-state index contributed by atoms with van der Waals surface area (Å²) in [6.07, 6.45) is 0. The Morgan fingerprint density at radius 2 is 1.58 bits per heavy atom. The number of hydrogen-bond acceptors (Lipinski definition) is 4. The van der Waals surface area contributed by atoms with Crippen molar-refractivity contribution in [2.75, 3.05) is 18.5 Å². The highest BCUT2D eigenvalue weighted by molar-refractivity contribution is 6.31. The molecule has 0 fully saturated rings. The zero-order chi connectivity index (χ0) is 17.5. The number of hydrogen-bond donors (Lipinski definition) is 1. The van der Waals surface area contributed by atoms with Crippen molar-refractivity contribution in [1.29, 1.82) is 0 Å². The van der Waals surface area contributed by atoms with Crippen molar-refractivity contribution in [3.05, 3.63) is 65.2 Å². The molecule has 4 nitrogen and oxygen atoms in total. The van der Waals surface area contributed by atoms with Crippen LogP contribution in [0.1, 0.15) is 5.56 Å². The standard InChI is InChI=1S/C21H16ClNO3/c22-14-2-5-18-16(10-14)17-11-15(3-6-19(17)26-18)23-12-13-1-4-20-21(9-13)25-8-7-24-20/h1-6,9-11,23H,7-8,12H2. The molecule has 1 aliphatic rings. The van der Waals surface area contributed by atoms with Crippen LogP contribution in [-0.2, 0) is 6.54 Å². The highest BCUT2D eigenvalue weighted by Gasteiger charge is 2.12. The molecule has 3 aromatic carbocycles. The lowest BCUT2D eigenvalue weighted by Crippen LogP contribution is -2.15. The van der Waals surface area contributed by atoms with Crippen molar-refractivity contribution < 1.29 is 13.9 Å². The first-order valence-corrected chi connectivity index (χ1v) is 8.88. The van der Waals surface area contributed by atoms with Gasteiger partial charge in [0.25, 0.3) is 0 Å². The Morgan fingerprint density at radius 3 is 2.46 bits per heavy atom. The van der Waals surface area contributed by atoms with Gasteiger partial charge in [-0.1, -0.05) is 17.7 Å². The van der Waals surface area contributed by atoms with Gasteiger partial charge in [0.05, 0.1) is 0 Å². The van der Waals surface area contributed by atoms with Gasteiger partial charge in [-0.2, -0.15) is 0 Å². The molecule has 5 rings (SSSR count). The molecule has 0 spiro atoms. The number of halogens is 1. The van der Waals surface area contributed by atoms with Crippen molar-refractivity contribution in [2.45, 2.75) is 6.54 Å². The first-order chi connectivity index (χ1) is 12.8. The second kappa shape index (κ2) is 6.15. The lowest BCUT2D eigenvalue weighted by atomic mass is 10.1. The molecule has 1 aliphatic heterocycles. The molecule has 1 N–H and O–H groups in total. The van der Waals surface area contributed by atoms with E-state index in [4.69, 9.17) is 25.5 Å². The molecule has 0 bridgehead atoms. The zero-order valence-electron chi connectivity index (χ0n) is 13.9. The Kier molecular flexibility index (Phi) is 3.64. The Labute approximate surface area is 155 Å². The summed E-state index contributed by atoms with van der Waals surface area (Å²) in [4.78, 5) is 0. The Balaban J connectivity index is 1.42. The highest BCUT2D eigenvalue weighted by atomic mass is 35.5. The summed E-state index contributed by atoms with van der Waals surface area (Å²) >= 11 is 6.14. The number of ether oxygens (including phenoxy) is 2. The van der Waals surface area contributed by atoms with Crippen molar-refractivity contribution in [3.8, 4) is 11.5 Å². The SMILES string of the molecule is Clc1ccc2oc3ccc(NCc4ccc5c(c4)OCCO5)cc3c2c1. The van der Waals surface area contributed by atoms with Gasteiger partial charge in [0.2, 0.25) is 0 Å². The molecule has 0 saturated carbocycles. The molecule has 0 radical (unpaired) electrons. The summed E-state index contributed by atoms with van der Waals surface area (Å²) in [7, 11) is 0. The van der Waals surface area contributed by atoms with Crippen molar-refractivity contribution in [1.82, 2.24) is 0 Å². The molecule has 1 aromatic heterocycles. The summed E-state index contributed by atoms with van der Waals surface area (Å²) < 4.78 is 17.1. The first kappa shape index (κ1) is 15.4. The van der Waals surface area contributed by atoms with Gasteiger partial charge in [-0.3, -0.25) is 0 Å².